The van der Waals surface area contributed by atoms with Crippen LogP contribution in [0.4, 0.5) is 0 Å². The van der Waals surface area contributed by atoms with Gasteiger partial charge in [0.25, 0.3) is 0 Å². The van der Waals surface area contributed by atoms with Crippen molar-refractivity contribution in [1.29, 1.82) is 0 Å². The molecule has 2 aromatic heterocycles. The monoisotopic (exact) mass is 492 g/mol. The van der Waals surface area contributed by atoms with Crippen LogP contribution >= 0.6 is 35.3 Å². The SMILES string of the molecule is CCNC(=NCc1cc(C)oc1C)N(C)Cc1csc(C(C)OC)n1.I. The Kier molecular flexibility index (Phi) is 9.59. The van der Waals surface area contributed by atoms with Gasteiger partial charge in [-0.05, 0) is 33.8 Å². The summed E-state index contributed by atoms with van der Waals surface area (Å²) in [6.07, 6.45) is 0.0262. The fourth-order valence-corrected chi connectivity index (χ4v) is 3.31. The van der Waals surface area contributed by atoms with E-state index in [1.807, 2.05) is 33.9 Å². The van der Waals surface area contributed by atoms with E-state index < -0.39 is 0 Å². The molecule has 146 valence electrons. The third-order valence-corrected chi connectivity index (χ3v) is 4.96. The molecule has 1 atom stereocenters. The van der Waals surface area contributed by atoms with Gasteiger partial charge in [0.05, 0.1) is 18.8 Å². The number of rotatable bonds is 7. The van der Waals surface area contributed by atoms with Crippen molar-refractivity contribution in [2.75, 3.05) is 20.7 Å². The van der Waals surface area contributed by atoms with Crippen LogP contribution in [0.5, 0.6) is 0 Å². The third kappa shape index (κ3) is 6.24. The van der Waals surface area contributed by atoms with E-state index in [4.69, 9.17) is 14.1 Å². The van der Waals surface area contributed by atoms with Crippen LogP contribution in [-0.2, 0) is 17.8 Å². The van der Waals surface area contributed by atoms with Gasteiger partial charge in [-0.3, -0.25) is 0 Å². The first-order chi connectivity index (χ1) is 11.9. The summed E-state index contributed by atoms with van der Waals surface area (Å²) in [5.41, 5.74) is 2.14. The molecule has 0 fully saturated rings. The van der Waals surface area contributed by atoms with Crippen LogP contribution in [0.3, 0.4) is 0 Å². The van der Waals surface area contributed by atoms with Gasteiger partial charge in [0.1, 0.15) is 22.6 Å². The van der Waals surface area contributed by atoms with Crippen molar-refractivity contribution in [1.82, 2.24) is 15.2 Å². The zero-order valence-electron chi connectivity index (χ0n) is 16.3. The summed E-state index contributed by atoms with van der Waals surface area (Å²) in [4.78, 5) is 11.5. The van der Waals surface area contributed by atoms with Gasteiger partial charge in [-0.1, -0.05) is 0 Å². The molecular formula is C18H29IN4O2S. The number of thiazole rings is 1. The second-order valence-electron chi connectivity index (χ2n) is 6.02. The maximum absolute atomic E-state index is 5.57. The van der Waals surface area contributed by atoms with Gasteiger partial charge in [0, 0.05) is 31.6 Å². The lowest BCUT2D eigenvalue weighted by Crippen LogP contribution is -2.38. The number of guanidine groups is 1. The van der Waals surface area contributed by atoms with Crippen molar-refractivity contribution in [3.8, 4) is 0 Å². The zero-order valence-corrected chi connectivity index (χ0v) is 19.5. The molecule has 0 aliphatic carbocycles. The third-order valence-electron chi connectivity index (χ3n) is 3.91. The van der Waals surface area contributed by atoms with E-state index in [1.165, 1.54) is 0 Å². The summed E-state index contributed by atoms with van der Waals surface area (Å²) in [6, 6.07) is 2.04. The molecule has 1 unspecified atom stereocenters. The van der Waals surface area contributed by atoms with Crippen LogP contribution in [0.15, 0.2) is 20.9 Å². The molecule has 0 spiro atoms. The van der Waals surface area contributed by atoms with Crippen molar-refractivity contribution < 1.29 is 9.15 Å². The van der Waals surface area contributed by atoms with Crippen LogP contribution < -0.4 is 5.32 Å². The molecule has 2 aromatic rings. The molecule has 0 bridgehead atoms. The van der Waals surface area contributed by atoms with E-state index in [1.54, 1.807) is 18.4 Å². The highest BCUT2D eigenvalue weighted by Gasteiger charge is 2.13. The van der Waals surface area contributed by atoms with Crippen LogP contribution in [0.2, 0.25) is 0 Å². The minimum atomic E-state index is 0. The van der Waals surface area contributed by atoms with Crippen LogP contribution in [0.1, 0.15) is 47.7 Å². The molecule has 1 N–H and O–H groups in total. The number of hydrogen-bond donors (Lipinski definition) is 1. The molecule has 0 amide bonds. The lowest BCUT2D eigenvalue weighted by atomic mass is 10.2. The Morgan fingerprint density at radius 2 is 2.19 bits per heavy atom. The summed E-state index contributed by atoms with van der Waals surface area (Å²) >= 11 is 1.63. The van der Waals surface area contributed by atoms with Gasteiger partial charge in [-0.2, -0.15) is 0 Å². The van der Waals surface area contributed by atoms with Gasteiger partial charge in [0.2, 0.25) is 0 Å². The Labute approximate surface area is 177 Å². The number of furan rings is 1. The maximum atomic E-state index is 5.57. The predicted octanol–water partition coefficient (Wildman–Crippen LogP) is 4.28. The van der Waals surface area contributed by atoms with Crippen molar-refractivity contribution in [3.05, 3.63) is 39.2 Å². The van der Waals surface area contributed by atoms with Crippen molar-refractivity contribution in [3.63, 3.8) is 0 Å². The number of halogens is 1. The Hall–Kier alpha value is -1.13. The lowest BCUT2D eigenvalue weighted by Gasteiger charge is -2.21. The second kappa shape index (κ2) is 10.9. The Morgan fingerprint density at radius 1 is 1.46 bits per heavy atom. The van der Waals surface area contributed by atoms with Gasteiger partial charge >= 0.3 is 0 Å². The van der Waals surface area contributed by atoms with Crippen LogP contribution in [0, 0.1) is 13.8 Å². The first kappa shape index (κ1) is 22.9. The molecule has 0 aliphatic rings. The molecule has 0 aliphatic heterocycles. The maximum Gasteiger partial charge on any atom is 0.194 e. The van der Waals surface area contributed by atoms with Gasteiger partial charge < -0.3 is 19.4 Å². The predicted molar refractivity (Wildman–Crippen MR) is 117 cm³/mol. The Balaban J connectivity index is 0.00000338. The van der Waals surface area contributed by atoms with E-state index >= 15 is 0 Å². The molecule has 0 saturated carbocycles. The number of nitrogens with zero attached hydrogens (tertiary/aromatic N) is 3. The minimum absolute atomic E-state index is 0. The average Bonchev–Trinajstić information content (AvgIpc) is 3.16. The minimum Gasteiger partial charge on any atom is -0.466 e. The van der Waals surface area contributed by atoms with Crippen LogP contribution in [0.25, 0.3) is 0 Å². The molecule has 0 aromatic carbocycles. The van der Waals surface area contributed by atoms with E-state index in [0.29, 0.717) is 13.1 Å². The fourth-order valence-electron chi connectivity index (χ4n) is 2.47. The highest BCUT2D eigenvalue weighted by atomic mass is 127. The highest BCUT2D eigenvalue weighted by molar-refractivity contribution is 14.0. The molecule has 0 saturated heterocycles. The van der Waals surface area contributed by atoms with Gasteiger partial charge in [-0.25, -0.2) is 9.98 Å². The molecule has 8 heteroatoms. The number of hydrogen-bond acceptors (Lipinski definition) is 5. The standard InChI is InChI=1S/C18H28N4O2S.HI/c1-7-19-18(20-9-15-8-12(2)24-13(15)3)22(5)10-16-11-25-17(21-16)14(4)23-6;/h8,11,14H,7,9-10H2,1-6H3,(H,19,20);1H. The molecule has 26 heavy (non-hydrogen) atoms. The van der Waals surface area contributed by atoms with Gasteiger partial charge in [-0.15, -0.1) is 35.3 Å². The van der Waals surface area contributed by atoms with Crippen molar-refractivity contribution >= 4 is 41.3 Å². The summed E-state index contributed by atoms with van der Waals surface area (Å²) in [5, 5.41) is 6.41. The number of aliphatic imine (C=N–C) groups is 1. The van der Waals surface area contributed by atoms with E-state index in [9.17, 15) is 0 Å². The van der Waals surface area contributed by atoms with Crippen molar-refractivity contribution in [2.24, 2.45) is 4.99 Å². The number of methoxy groups -OCH3 is 1. The quantitative estimate of drug-likeness (QED) is 0.355. The molecular weight excluding hydrogens is 463 g/mol. The summed E-state index contributed by atoms with van der Waals surface area (Å²) < 4.78 is 10.9. The molecule has 2 heterocycles. The fraction of sp³-hybridized carbons (Fsp3) is 0.556. The Bertz CT molecular complexity index is 714. The largest absolute Gasteiger partial charge is 0.466 e. The van der Waals surface area contributed by atoms with Gasteiger partial charge in [0.15, 0.2) is 5.96 Å². The second-order valence-corrected chi connectivity index (χ2v) is 6.91. The highest BCUT2D eigenvalue weighted by Crippen LogP contribution is 2.21. The zero-order chi connectivity index (χ0) is 18.4. The molecule has 2 rings (SSSR count). The molecule has 0 radical (unpaired) electrons. The number of ether oxygens (including phenoxy) is 1. The first-order valence-electron chi connectivity index (χ1n) is 8.47. The summed E-state index contributed by atoms with van der Waals surface area (Å²) in [6.45, 7) is 10.1. The Morgan fingerprint density at radius 3 is 2.77 bits per heavy atom. The van der Waals surface area contributed by atoms with E-state index in [0.717, 1.165) is 40.3 Å². The van der Waals surface area contributed by atoms with E-state index in [2.05, 4.69) is 27.5 Å². The van der Waals surface area contributed by atoms with Crippen LogP contribution in [-0.4, -0.2) is 36.5 Å². The van der Waals surface area contributed by atoms with E-state index in [-0.39, 0.29) is 30.1 Å². The molecule has 6 nitrogen and oxygen atoms in total. The lowest BCUT2D eigenvalue weighted by molar-refractivity contribution is 0.119. The topological polar surface area (TPSA) is 62.9 Å². The number of aryl methyl sites for hydroxylation is 2. The summed E-state index contributed by atoms with van der Waals surface area (Å²) in [5.74, 6) is 2.70. The summed E-state index contributed by atoms with van der Waals surface area (Å²) in [7, 11) is 3.72. The first-order valence-corrected chi connectivity index (χ1v) is 9.35. The number of nitrogens with one attached hydrogen (secondary N) is 1. The number of aromatic nitrogens is 1. The van der Waals surface area contributed by atoms with Crippen molar-refractivity contribution in [2.45, 2.75) is 46.9 Å². The average molecular weight is 492 g/mol. The normalized spacial score (nSPS) is 12.6. The smallest absolute Gasteiger partial charge is 0.194 e.